The van der Waals surface area contributed by atoms with Crippen LogP contribution in [0.4, 0.5) is 4.39 Å². The Labute approximate surface area is 118 Å². The van der Waals surface area contributed by atoms with Gasteiger partial charge in [0.1, 0.15) is 17.3 Å². The lowest BCUT2D eigenvalue weighted by atomic mass is 10.1. The number of ether oxygens (including phenoxy) is 2. The van der Waals surface area contributed by atoms with Crippen LogP contribution in [-0.4, -0.2) is 12.1 Å². The Bertz CT molecular complexity index is 613. The summed E-state index contributed by atoms with van der Waals surface area (Å²) in [5.41, 5.74) is 2.38. The number of pyridine rings is 1. The normalized spacial score (nSPS) is 12.2. The van der Waals surface area contributed by atoms with E-state index in [4.69, 9.17) is 9.47 Å². The van der Waals surface area contributed by atoms with E-state index in [0.717, 1.165) is 11.3 Å². The van der Waals surface area contributed by atoms with E-state index in [-0.39, 0.29) is 11.9 Å². The van der Waals surface area contributed by atoms with Gasteiger partial charge < -0.3 is 9.47 Å². The van der Waals surface area contributed by atoms with Gasteiger partial charge in [0.2, 0.25) is 0 Å². The first-order chi connectivity index (χ1) is 9.52. The number of rotatable bonds is 4. The fourth-order valence-electron chi connectivity index (χ4n) is 1.92. The largest absolute Gasteiger partial charge is 0.455 e. The van der Waals surface area contributed by atoms with Gasteiger partial charge in [0.25, 0.3) is 0 Å². The molecular weight excluding hydrogens is 257 g/mol. The Morgan fingerprint density at radius 3 is 2.65 bits per heavy atom. The van der Waals surface area contributed by atoms with Crippen LogP contribution >= 0.6 is 0 Å². The second-order valence-electron chi connectivity index (χ2n) is 4.70. The van der Waals surface area contributed by atoms with E-state index in [0.29, 0.717) is 17.1 Å². The summed E-state index contributed by atoms with van der Waals surface area (Å²) in [4.78, 5) is 4.24. The molecule has 2 rings (SSSR count). The summed E-state index contributed by atoms with van der Waals surface area (Å²) in [5.74, 6) is 0.696. The average Bonchev–Trinajstić information content (AvgIpc) is 2.42. The van der Waals surface area contributed by atoms with E-state index in [2.05, 4.69) is 4.98 Å². The summed E-state index contributed by atoms with van der Waals surface area (Å²) in [6, 6.07) is 6.62. The van der Waals surface area contributed by atoms with E-state index >= 15 is 0 Å². The highest BCUT2D eigenvalue weighted by Crippen LogP contribution is 2.33. The third-order valence-corrected chi connectivity index (χ3v) is 3.32. The van der Waals surface area contributed by atoms with E-state index in [1.165, 1.54) is 6.07 Å². The van der Waals surface area contributed by atoms with Crippen LogP contribution in [0.25, 0.3) is 0 Å². The van der Waals surface area contributed by atoms with Crippen LogP contribution in [0.5, 0.6) is 11.5 Å². The van der Waals surface area contributed by atoms with E-state index in [1.54, 1.807) is 32.4 Å². The van der Waals surface area contributed by atoms with Crippen LogP contribution in [0, 0.1) is 19.7 Å². The fourth-order valence-corrected chi connectivity index (χ4v) is 1.92. The molecule has 0 fully saturated rings. The van der Waals surface area contributed by atoms with E-state index in [9.17, 15) is 4.39 Å². The Kier molecular flexibility index (Phi) is 4.35. The zero-order valence-electron chi connectivity index (χ0n) is 12.1. The lowest BCUT2D eigenvalue weighted by Crippen LogP contribution is -2.03. The summed E-state index contributed by atoms with van der Waals surface area (Å²) in [6.45, 7) is 5.67. The third kappa shape index (κ3) is 2.96. The highest BCUT2D eigenvalue weighted by molar-refractivity contribution is 5.40. The maximum atomic E-state index is 14.0. The number of methoxy groups -OCH3 is 1. The van der Waals surface area contributed by atoms with Gasteiger partial charge >= 0.3 is 0 Å². The van der Waals surface area contributed by atoms with Crippen molar-refractivity contribution in [3.63, 3.8) is 0 Å². The molecule has 1 aromatic heterocycles. The maximum Gasteiger partial charge on any atom is 0.146 e. The smallest absolute Gasteiger partial charge is 0.146 e. The van der Waals surface area contributed by atoms with Crippen molar-refractivity contribution in [2.75, 3.05) is 7.11 Å². The molecular formula is C16H18FNO2. The molecule has 0 aliphatic carbocycles. The zero-order chi connectivity index (χ0) is 14.7. The fraction of sp³-hybridized carbons (Fsp3) is 0.312. The lowest BCUT2D eigenvalue weighted by molar-refractivity contribution is 0.114. The molecule has 20 heavy (non-hydrogen) atoms. The number of hydrogen-bond acceptors (Lipinski definition) is 3. The molecule has 3 nitrogen and oxygen atoms in total. The second kappa shape index (κ2) is 6.01. The van der Waals surface area contributed by atoms with Gasteiger partial charge in [0.05, 0.1) is 17.9 Å². The molecule has 0 amide bonds. The molecule has 0 aliphatic rings. The third-order valence-electron chi connectivity index (χ3n) is 3.32. The first-order valence-corrected chi connectivity index (χ1v) is 6.45. The molecule has 106 valence electrons. The number of benzene rings is 1. The predicted molar refractivity (Wildman–Crippen MR) is 75.6 cm³/mol. The van der Waals surface area contributed by atoms with Gasteiger partial charge in [0, 0.05) is 12.8 Å². The minimum absolute atomic E-state index is 0.339. The van der Waals surface area contributed by atoms with Gasteiger partial charge in [-0.2, -0.15) is 0 Å². The minimum Gasteiger partial charge on any atom is -0.455 e. The van der Waals surface area contributed by atoms with Gasteiger partial charge in [-0.25, -0.2) is 4.39 Å². The molecule has 0 N–H and O–H groups in total. The molecule has 0 aliphatic heterocycles. The molecule has 1 heterocycles. The molecule has 4 heteroatoms. The second-order valence-corrected chi connectivity index (χ2v) is 4.70. The van der Waals surface area contributed by atoms with Crippen LogP contribution in [0.3, 0.4) is 0 Å². The molecule has 0 saturated carbocycles. The SMILES string of the molecule is COC(C)c1c(F)cccc1Oc1cnc(C)c(C)c1. The predicted octanol–water partition coefficient (Wildman–Crippen LogP) is 4.34. The van der Waals surface area contributed by atoms with Crippen molar-refractivity contribution >= 4 is 0 Å². The monoisotopic (exact) mass is 275 g/mol. The van der Waals surface area contributed by atoms with Gasteiger partial charge in [-0.3, -0.25) is 4.98 Å². The van der Waals surface area contributed by atoms with Crippen molar-refractivity contribution in [3.05, 3.63) is 53.1 Å². The quantitative estimate of drug-likeness (QED) is 0.832. The van der Waals surface area contributed by atoms with Crippen molar-refractivity contribution in [2.45, 2.75) is 26.9 Å². The summed E-state index contributed by atoms with van der Waals surface area (Å²) in [5, 5.41) is 0. The summed E-state index contributed by atoms with van der Waals surface area (Å²) in [7, 11) is 1.54. The van der Waals surface area contributed by atoms with E-state index in [1.807, 2.05) is 19.9 Å². The highest BCUT2D eigenvalue weighted by Gasteiger charge is 2.17. The first-order valence-electron chi connectivity index (χ1n) is 6.45. The molecule has 1 unspecified atom stereocenters. The van der Waals surface area contributed by atoms with Gasteiger partial charge in [0.15, 0.2) is 0 Å². The van der Waals surface area contributed by atoms with Crippen molar-refractivity contribution in [1.82, 2.24) is 4.98 Å². The maximum absolute atomic E-state index is 14.0. The lowest BCUT2D eigenvalue weighted by Gasteiger charge is -2.16. The number of nitrogens with zero attached hydrogens (tertiary/aromatic N) is 1. The van der Waals surface area contributed by atoms with Crippen molar-refractivity contribution in [2.24, 2.45) is 0 Å². The molecule has 1 aromatic carbocycles. The van der Waals surface area contributed by atoms with Crippen LogP contribution in [0.2, 0.25) is 0 Å². The molecule has 0 radical (unpaired) electrons. The average molecular weight is 275 g/mol. The van der Waals surface area contributed by atoms with Gasteiger partial charge in [-0.05, 0) is 44.5 Å². The van der Waals surface area contributed by atoms with E-state index < -0.39 is 0 Å². The number of hydrogen-bond donors (Lipinski definition) is 0. The topological polar surface area (TPSA) is 31.4 Å². The van der Waals surface area contributed by atoms with Crippen LogP contribution in [0.15, 0.2) is 30.5 Å². The van der Waals surface area contributed by atoms with Crippen LogP contribution < -0.4 is 4.74 Å². The summed E-state index contributed by atoms with van der Waals surface area (Å²) >= 11 is 0. The summed E-state index contributed by atoms with van der Waals surface area (Å²) < 4.78 is 24.9. The first kappa shape index (κ1) is 14.5. The van der Waals surface area contributed by atoms with Crippen LogP contribution in [-0.2, 0) is 4.74 Å². The zero-order valence-corrected chi connectivity index (χ0v) is 12.1. The number of halogens is 1. The molecule has 0 spiro atoms. The minimum atomic E-state index is -0.384. The Balaban J connectivity index is 2.38. The number of aromatic nitrogens is 1. The highest BCUT2D eigenvalue weighted by atomic mass is 19.1. The van der Waals surface area contributed by atoms with Gasteiger partial charge in [-0.15, -0.1) is 0 Å². The molecule has 2 aromatic rings. The van der Waals surface area contributed by atoms with Gasteiger partial charge in [-0.1, -0.05) is 6.07 Å². The van der Waals surface area contributed by atoms with Crippen molar-refractivity contribution in [3.8, 4) is 11.5 Å². The molecule has 0 bridgehead atoms. The Morgan fingerprint density at radius 1 is 1.25 bits per heavy atom. The molecule has 1 atom stereocenters. The van der Waals surface area contributed by atoms with Crippen molar-refractivity contribution in [1.29, 1.82) is 0 Å². The summed E-state index contributed by atoms with van der Waals surface area (Å²) in [6.07, 6.45) is 1.25. The Morgan fingerprint density at radius 2 is 2.00 bits per heavy atom. The number of aryl methyl sites for hydroxylation is 2. The van der Waals surface area contributed by atoms with Crippen LogP contribution in [0.1, 0.15) is 29.8 Å². The van der Waals surface area contributed by atoms with Crippen molar-refractivity contribution < 1.29 is 13.9 Å². The standard InChI is InChI=1S/C16H18FNO2/c1-10-8-13(9-18-11(10)2)20-15-7-5-6-14(17)16(15)12(3)19-4/h5-9,12H,1-4H3. The molecule has 0 saturated heterocycles. The Hall–Kier alpha value is -1.94.